The van der Waals surface area contributed by atoms with E-state index in [1.165, 1.54) is 16.3 Å². The van der Waals surface area contributed by atoms with Crippen LogP contribution in [0.2, 0.25) is 0 Å². The second-order valence-corrected chi connectivity index (χ2v) is 12.9. The molecule has 0 radical (unpaired) electrons. The van der Waals surface area contributed by atoms with E-state index >= 15 is 0 Å². The van der Waals surface area contributed by atoms with Crippen molar-refractivity contribution in [2.45, 2.75) is 68.9 Å². The van der Waals surface area contributed by atoms with Crippen LogP contribution in [0.3, 0.4) is 0 Å². The lowest BCUT2D eigenvalue weighted by Gasteiger charge is -2.31. The molecule has 1 N–H and O–H groups in total. The fourth-order valence-corrected chi connectivity index (χ4v) is 8.02. The summed E-state index contributed by atoms with van der Waals surface area (Å²) < 4.78 is 15.0. The lowest BCUT2D eigenvalue weighted by atomic mass is 9.78. The number of aliphatic imine (C=N–C) groups is 1. The highest BCUT2D eigenvalue weighted by Crippen LogP contribution is 2.70. The Morgan fingerprint density at radius 1 is 0.949 bits per heavy atom. The molecular weight excluding hydrogens is 484 g/mol. The molecule has 5 heteroatoms. The van der Waals surface area contributed by atoms with Crippen molar-refractivity contribution in [2.24, 2.45) is 4.99 Å². The first-order chi connectivity index (χ1) is 18.6. The zero-order chi connectivity index (χ0) is 27.1. The minimum Gasteiger partial charge on any atom is -0.476 e. The van der Waals surface area contributed by atoms with Gasteiger partial charge in [-0.25, -0.2) is 4.58 Å². The SMILES string of the molecule is COC1(O)C2(C)c3cc4ccccc4cc3C3=[N+](C=NC4c5c(cc(C(C)(C)C)c6ccccc56)OC34)C12C. The third kappa shape index (κ3) is 2.46. The Bertz CT molecular complexity index is 1830. The number of aliphatic hydroxyl groups is 1. The van der Waals surface area contributed by atoms with Crippen LogP contribution in [0.1, 0.15) is 62.9 Å². The van der Waals surface area contributed by atoms with E-state index in [1.54, 1.807) is 7.11 Å². The first kappa shape index (κ1) is 23.4. The van der Waals surface area contributed by atoms with Gasteiger partial charge < -0.3 is 14.6 Å². The summed E-state index contributed by atoms with van der Waals surface area (Å²) in [7, 11) is 1.60. The summed E-state index contributed by atoms with van der Waals surface area (Å²) in [5.41, 5.74) is 4.23. The van der Waals surface area contributed by atoms with Crippen LogP contribution in [0.25, 0.3) is 21.5 Å². The summed E-state index contributed by atoms with van der Waals surface area (Å²) in [4.78, 5) is 5.14. The molecular formula is C34H33N2O3+. The maximum absolute atomic E-state index is 12.0. The Kier molecular flexibility index (Phi) is 4.17. The molecule has 1 aliphatic carbocycles. The molecule has 4 aliphatic rings. The molecule has 39 heavy (non-hydrogen) atoms. The monoisotopic (exact) mass is 517 g/mol. The van der Waals surface area contributed by atoms with Crippen LogP contribution < -0.4 is 4.74 Å². The van der Waals surface area contributed by atoms with E-state index in [1.807, 2.05) is 6.34 Å². The Morgan fingerprint density at radius 3 is 2.31 bits per heavy atom. The fraction of sp³-hybridized carbons (Fsp3) is 0.353. The highest BCUT2D eigenvalue weighted by Gasteiger charge is 2.92. The maximum atomic E-state index is 12.0. The molecule has 5 atom stereocenters. The second-order valence-electron chi connectivity index (χ2n) is 12.9. The van der Waals surface area contributed by atoms with E-state index in [4.69, 9.17) is 14.5 Å². The first-order valence-electron chi connectivity index (χ1n) is 13.8. The average molecular weight is 518 g/mol. The quantitative estimate of drug-likeness (QED) is 0.248. The summed E-state index contributed by atoms with van der Waals surface area (Å²) >= 11 is 0. The van der Waals surface area contributed by atoms with Crippen molar-refractivity contribution in [1.82, 2.24) is 0 Å². The van der Waals surface area contributed by atoms with Crippen molar-refractivity contribution in [1.29, 1.82) is 0 Å². The molecule has 1 saturated carbocycles. The zero-order valence-corrected chi connectivity index (χ0v) is 23.2. The van der Waals surface area contributed by atoms with Crippen LogP contribution in [-0.4, -0.2) is 46.3 Å². The van der Waals surface area contributed by atoms with Gasteiger partial charge in [-0.3, -0.25) is 0 Å². The highest BCUT2D eigenvalue weighted by atomic mass is 16.6. The predicted molar refractivity (Wildman–Crippen MR) is 154 cm³/mol. The Balaban J connectivity index is 1.41. The fourth-order valence-electron chi connectivity index (χ4n) is 8.02. The van der Waals surface area contributed by atoms with Crippen LogP contribution in [0.5, 0.6) is 5.75 Å². The summed E-state index contributed by atoms with van der Waals surface area (Å²) in [6.07, 6.45) is 1.61. The molecule has 3 aliphatic heterocycles. The maximum Gasteiger partial charge on any atom is 0.282 e. The van der Waals surface area contributed by atoms with Gasteiger partial charge in [0, 0.05) is 12.7 Å². The smallest absolute Gasteiger partial charge is 0.282 e. The summed E-state index contributed by atoms with van der Waals surface area (Å²) in [6, 6.07) is 23.6. The molecule has 5 unspecified atom stereocenters. The predicted octanol–water partition coefficient (Wildman–Crippen LogP) is 6.01. The van der Waals surface area contributed by atoms with Crippen LogP contribution >= 0.6 is 0 Å². The van der Waals surface area contributed by atoms with Crippen LogP contribution in [0.4, 0.5) is 0 Å². The van der Waals surface area contributed by atoms with Gasteiger partial charge in [-0.15, -0.1) is 0 Å². The van der Waals surface area contributed by atoms with E-state index in [0.717, 1.165) is 38.9 Å². The van der Waals surface area contributed by atoms with Crippen molar-refractivity contribution in [3.8, 4) is 5.75 Å². The van der Waals surface area contributed by atoms with Gasteiger partial charge in [0.2, 0.25) is 17.9 Å². The zero-order valence-electron chi connectivity index (χ0n) is 23.2. The average Bonchev–Trinajstić information content (AvgIpc) is 3.17. The van der Waals surface area contributed by atoms with Crippen molar-refractivity contribution in [3.63, 3.8) is 0 Å². The van der Waals surface area contributed by atoms with Gasteiger partial charge in [-0.2, -0.15) is 0 Å². The van der Waals surface area contributed by atoms with Gasteiger partial charge in [-0.05, 0) is 70.1 Å². The Morgan fingerprint density at radius 2 is 1.62 bits per heavy atom. The van der Waals surface area contributed by atoms with Gasteiger partial charge >= 0.3 is 0 Å². The molecule has 0 saturated heterocycles. The number of methoxy groups -OCH3 is 1. The first-order valence-corrected chi connectivity index (χ1v) is 13.8. The molecule has 8 rings (SSSR count). The Hall–Kier alpha value is -3.54. The molecule has 0 amide bonds. The topological polar surface area (TPSA) is 54.1 Å². The minimum absolute atomic E-state index is 0.0389. The number of hydrogen-bond acceptors (Lipinski definition) is 4. The molecule has 0 bridgehead atoms. The van der Waals surface area contributed by atoms with E-state index in [2.05, 4.69) is 106 Å². The van der Waals surface area contributed by atoms with Crippen molar-refractivity contribution < 1.29 is 19.2 Å². The third-order valence-corrected chi connectivity index (χ3v) is 10.3. The van der Waals surface area contributed by atoms with Gasteiger partial charge in [0.05, 0.1) is 5.56 Å². The van der Waals surface area contributed by atoms with Crippen LogP contribution in [0, 0.1) is 0 Å². The molecule has 5 nitrogen and oxygen atoms in total. The van der Waals surface area contributed by atoms with Gasteiger partial charge in [0.1, 0.15) is 11.2 Å². The molecule has 0 spiro atoms. The minimum atomic E-state index is -1.38. The van der Waals surface area contributed by atoms with Crippen molar-refractivity contribution >= 4 is 33.6 Å². The second kappa shape index (κ2) is 6.96. The number of nitrogens with zero attached hydrogens (tertiary/aromatic N) is 2. The molecule has 4 aromatic rings. The number of benzene rings is 4. The molecule has 4 aromatic carbocycles. The highest BCUT2D eigenvalue weighted by molar-refractivity contribution is 6.10. The van der Waals surface area contributed by atoms with Gasteiger partial charge in [0.25, 0.3) is 6.34 Å². The van der Waals surface area contributed by atoms with E-state index in [-0.39, 0.29) is 17.6 Å². The normalized spacial score (nSPS) is 31.9. The van der Waals surface area contributed by atoms with Crippen molar-refractivity contribution in [2.75, 3.05) is 7.11 Å². The lowest BCUT2D eigenvalue weighted by molar-refractivity contribution is -0.491. The largest absolute Gasteiger partial charge is 0.476 e. The van der Waals surface area contributed by atoms with E-state index in [9.17, 15) is 5.11 Å². The van der Waals surface area contributed by atoms with Crippen LogP contribution in [-0.2, 0) is 15.6 Å². The summed E-state index contributed by atoms with van der Waals surface area (Å²) in [5, 5.41) is 16.7. The number of ether oxygens (including phenoxy) is 2. The third-order valence-electron chi connectivity index (χ3n) is 10.3. The van der Waals surface area contributed by atoms with E-state index < -0.39 is 16.7 Å². The number of fused-ring (bicyclic) bond motifs is 12. The summed E-state index contributed by atoms with van der Waals surface area (Å²) in [6.45, 7) is 10.9. The summed E-state index contributed by atoms with van der Waals surface area (Å²) in [5.74, 6) is -0.478. The number of rotatable bonds is 1. The van der Waals surface area contributed by atoms with Crippen molar-refractivity contribution in [3.05, 3.63) is 89.0 Å². The van der Waals surface area contributed by atoms with Crippen LogP contribution in [0.15, 0.2) is 71.7 Å². The van der Waals surface area contributed by atoms with Gasteiger partial charge in [-0.1, -0.05) is 74.3 Å². The van der Waals surface area contributed by atoms with E-state index in [0.29, 0.717) is 0 Å². The molecule has 3 heterocycles. The Labute approximate surface area is 228 Å². The standard InChI is InChI=1S/C34H33N2O3/c1-31(2,3)24-17-26-27(22-14-10-9-13-21(22)24)28-30(39-26)29-23-15-19-11-7-8-12-20(19)16-25(23)32(4)33(5,34(32,37)38-6)36(29)18-35-28/h7-18,28,30,37H,1-6H3/q+1. The molecule has 1 fully saturated rings. The van der Waals surface area contributed by atoms with Gasteiger partial charge in [0.15, 0.2) is 11.3 Å². The molecule has 196 valence electrons. The number of hydrogen-bond donors (Lipinski definition) is 1. The lowest BCUT2D eigenvalue weighted by Crippen LogP contribution is -2.50. The molecule has 0 aromatic heterocycles.